The summed E-state index contributed by atoms with van der Waals surface area (Å²) in [5, 5.41) is 9.45. The fourth-order valence-corrected chi connectivity index (χ4v) is 1.43. The van der Waals surface area contributed by atoms with E-state index in [1.165, 1.54) is 19.4 Å². The zero-order valence-corrected chi connectivity index (χ0v) is 8.29. The van der Waals surface area contributed by atoms with Gasteiger partial charge in [-0.05, 0) is 31.7 Å². The lowest BCUT2D eigenvalue weighted by atomic mass is 10.2. The maximum absolute atomic E-state index is 9.45. The van der Waals surface area contributed by atoms with E-state index in [0.717, 1.165) is 25.4 Å². The third-order valence-electron chi connectivity index (χ3n) is 2.60. The molecule has 2 heteroatoms. The Morgan fingerprint density at radius 1 is 1.42 bits per heavy atom. The number of aliphatic hydroxyl groups is 1. The van der Waals surface area contributed by atoms with Crippen LogP contribution in [0.5, 0.6) is 0 Å². The van der Waals surface area contributed by atoms with Crippen molar-refractivity contribution in [2.24, 2.45) is 5.92 Å². The molecule has 0 radical (unpaired) electrons. The molecule has 2 nitrogen and oxygen atoms in total. The van der Waals surface area contributed by atoms with Crippen LogP contribution < -0.4 is 0 Å². The van der Waals surface area contributed by atoms with Crippen molar-refractivity contribution in [3.8, 4) is 0 Å². The SMILES string of the molecule is CCC(O)CN(CC)CC1CC1. The van der Waals surface area contributed by atoms with Crippen molar-refractivity contribution >= 4 is 0 Å². The summed E-state index contributed by atoms with van der Waals surface area (Å²) in [6.45, 7) is 7.35. The molecule has 1 aliphatic carbocycles. The third-order valence-corrected chi connectivity index (χ3v) is 2.60. The van der Waals surface area contributed by atoms with Crippen LogP contribution in [0.4, 0.5) is 0 Å². The molecule has 1 aliphatic rings. The van der Waals surface area contributed by atoms with Gasteiger partial charge in [0.05, 0.1) is 6.10 Å². The summed E-state index contributed by atoms with van der Waals surface area (Å²) in [6.07, 6.45) is 3.56. The first-order chi connectivity index (χ1) is 5.76. The van der Waals surface area contributed by atoms with Crippen LogP contribution in [0, 0.1) is 5.92 Å². The van der Waals surface area contributed by atoms with Crippen LogP contribution in [0.15, 0.2) is 0 Å². The summed E-state index contributed by atoms with van der Waals surface area (Å²) < 4.78 is 0. The molecule has 72 valence electrons. The van der Waals surface area contributed by atoms with Crippen LogP contribution in [0.2, 0.25) is 0 Å². The third kappa shape index (κ3) is 3.55. The van der Waals surface area contributed by atoms with Crippen LogP contribution in [-0.2, 0) is 0 Å². The maximum Gasteiger partial charge on any atom is 0.0664 e. The normalized spacial score (nSPS) is 20.0. The Hall–Kier alpha value is -0.0800. The van der Waals surface area contributed by atoms with Crippen molar-refractivity contribution in [1.82, 2.24) is 4.90 Å². The summed E-state index contributed by atoms with van der Waals surface area (Å²) in [5.74, 6) is 0.939. The predicted molar refractivity (Wildman–Crippen MR) is 51.1 cm³/mol. The molecule has 0 spiro atoms. The van der Waals surface area contributed by atoms with Gasteiger partial charge in [0.2, 0.25) is 0 Å². The summed E-state index contributed by atoms with van der Waals surface area (Å²) in [4.78, 5) is 2.37. The number of hydrogen-bond donors (Lipinski definition) is 1. The lowest BCUT2D eigenvalue weighted by molar-refractivity contribution is 0.109. The Balaban J connectivity index is 2.14. The zero-order chi connectivity index (χ0) is 8.97. The van der Waals surface area contributed by atoms with E-state index < -0.39 is 0 Å². The van der Waals surface area contributed by atoms with E-state index in [9.17, 15) is 5.11 Å². The second-order valence-corrected chi connectivity index (χ2v) is 3.86. The molecule has 1 saturated carbocycles. The standard InChI is InChI=1S/C10H21NO/c1-3-10(12)8-11(4-2)7-9-5-6-9/h9-10,12H,3-8H2,1-2H3. The van der Waals surface area contributed by atoms with Crippen molar-refractivity contribution in [1.29, 1.82) is 0 Å². The number of aliphatic hydroxyl groups excluding tert-OH is 1. The summed E-state index contributed by atoms with van der Waals surface area (Å²) in [5.41, 5.74) is 0. The van der Waals surface area contributed by atoms with Gasteiger partial charge in [-0.15, -0.1) is 0 Å². The highest BCUT2D eigenvalue weighted by molar-refractivity contribution is 4.77. The molecule has 0 aromatic rings. The lowest BCUT2D eigenvalue weighted by Crippen LogP contribution is -2.33. The van der Waals surface area contributed by atoms with Gasteiger partial charge in [0.1, 0.15) is 0 Å². The quantitative estimate of drug-likeness (QED) is 0.654. The molecule has 0 saturated heterocycles. The first-order valence-electron chi connectivity index (χ1n) is 5.16. The van der Waals surface area contributed by atoms with Crippen LogP contribution in [0.1, 0.15) is 33.1 Å². The zero-order valence-electron chi connectivity index (χ0n) is 8.29. The second kappa shape index (κ2) is 4.83. The molecule has 1 fully saturated rings. The minimum atomic E-state index is -0.122. The molecule has 0 aromatic heterocycles. The van der Waals surface area contributed by atoms with E-state index in [1.807, 2.05) is 6.92 Å². The van der Waals surface area contributed by atoms with Gasteiger partial charge in [0, 0.05) is 13.1 Å². The van der Waals surface area contributed by atoms with Crippen LogP contribution >= 0.6 is 0 Å². The van der Waals surface area contributed by atoms with E-state index >= 15 is 0 Å². The lowest BCUT2D eigenvalue weighted by Gasteiger charge is -2.22. The van der Waals surface area contributed by atoms with Gasteiger partial charge in [0.15, 0.2) is 0 Å². The van der Waals surface area contributed by atoms with Gasteiger partial charge in [-0.1, -0.05) is 13.8 Å². The Bertz CT molecular complexity index is 123. The Kier molecular flexibility index (Phi) is 4.02. The smallest absolute Gasteiger partial charge is 0.0664 e. The highest BCUT2D eigenvalue weighted by Gasteiger charge is 2.24. The van der Waals surface area contributed by atoms with Gasteiger partial charge >= 0.3 is 0 Å². The fourth-order valence-electron chi connectivity index (χ4n) is 1.43. The molecular weight excluding hydrogens is 150 g/mol. The Morgan fingerprint density at radius 3 is 2.50 bits per heavy atom. The minimum absolute atomic E-state index is 0.122. The molecular formula is C10H21NO. The predicted octanol–water partition coefficient (Wildman–Crippen LogP) is 1.49. The van der Waals surface area contributed by atoms with Crippen LogP contribution in [0.25, 0.3) is 0 Å². The average molecular weight is 171 g/mol. The molecule has 0 amide bonds. The highest BCUT2D eigenvalue weighted by Crippen LogP contribution is 2.29. The maximum atomic E-state index is 9.45. The van der Waals surface area contributed by atoms with Crippen molar-refractivity contribution in [2.75, 3.05) is 19.6 Å². The number of rotatable bonds is 6. The first-order valence-corrected chi connectivity index (χ1v) is 5.16. The molecule has 12 heavy (non-hydrogen) atoms. The van der Waals surface area contributed by atoms with E-state index in [0.29, 0.717) is 0 Å². The van der Waals surface area contributed by atoms with Gasteiger partial charge in [-0.25, -0.2) is 0 Å². The molecule has 1 rings (SSSR count). The Morgan fingerprint density at radius 2 is 2.08 bits per heavy atom. The molecule has 0 aliphatic heterocycles. The molecule has 1 N–H and O–H groups in total. The van der Waals surface area contributed by atoms with Gasteiger partial charge in [-0.2, -0.15) is 0 Å². The molecule has 1 atom stereocenters. The minimum Gasteiger partial charge on any atom is -0.392 e. The topological polar surface area (TPSA) is 23.5 Å². The van der Waals surface area contributed by atoms with Crippen molar-refractivity contribution < 1.29 is 5.11 Å². The second-order valence-electron chi connectivity index (χ2n) is 3.86. The fraction of sp³-hybridized carbons (Fsp3) is 1.00. The molecule has 0 heterocycles. The largest absolute Gasteiger partial charge is 0.392 e. The van der Waals surface area contributed by atoms with Gasteiger partial charge in [0.25, 0.3) is 0 Å². The van der Waals surface area contributed by atoms with E-state index in [2.05, 4.69) is 11.8 Å². The number of likely N-dealkylation sites (N-methyl/N-ethyl adjacent to an activating group) is 1. The van der Waals surface area contributed by atoms with Crippen LogP contribution in [-0.4, -0.2) is 35.7 Å². The van der Waals surface area contributed by atoms with E-state index in [1.54, 1.807) is 0 Å². The first kappa shape index (κ1) is 10.0. The average Bonchev–Trinajstić information content (AvgIpc) is 2.86. The van der Waals surface area contributed by atoms with Gasteiger partial charge < -0.3 is 10.0 Å². The monoisotopic (exact) mass is 171 g/mol. The van der Waals surface area contributed by atoms with Crippen molar-refractivity contribution in [3.63, 3.8) is 0 Å². The summed E-state index contributed by atoms with van der Waals surface area (Å²) in [7, 11) is 0. The highest BCUT2D eigenvalue weighted by atomic mass is 16.3. The molecule has 0 bridgehead atoms. The number of hydrogen-bond acceptors (Lipinski definition) is 2. The van der Waals surface area contributed by atoms with Crippen molar-refractivity contribution in [3.05, 3.63) is 0 Å². The van der Waals surface area contributed by atoms with E-state index in [4.69, 9.17) is 0 Å². The summed E-state index contributed by atoms with van der Waals surface area (Å²) >= 11 is 0. The van der Waals surface area contributed by atoms with Crippen LogP contribution in [0.3, 0.4) is 0 Å². The van der Waals surface area contributed by atoms with E-state index in [-0.39, 0.29) is 6.10 Å². The number of nitrogens with zero attached hydrogens (tertiary/aromatic N) is 1. The summed E-state index contributed by atoms with van der Waals surface area (Å²) in [6, 6.07) is 0. The molecule has 0 aromatic carbocycles. The van der Waals surface area contributed by atoms with Crippen molar-refractivity contribution in [2.45, 2.75) is 39.2 Å². The molecule has 1 unspecified atom stereocenters. The Labute approximate surface area is 75.6 Å². The van der Waals surface area contributed by atoms with Gasteiger partial charge in [-0.3, -0.25) is 0 Å².